The smallest absolute Gasteiger partial charge is 0.275 e. The zero-order chi connectivity index (χ0) is 10.0. The van der Waals surface area contributed by atoms with Crippen LogP contribution in [0.3, 0.4) is 0 Å². The van der Waals surface area contributed by atoms with E-state index in [1.54, 1.807) is 6.92 Å². The molecule has 0 amide bonds. The van der Waals surface area contributed by atoms with Gasteiger partial charge in [0.25, 0.3) is 5.69 Å². The molecular weight excluding hydrogens is 236 g/mol. The SMILES string of the molecule is Cc1cc(Br)c(CN)c([N+](=O)[O-])c1. The number of rotatable bonds is 2. The fourth-order valence-electron chi connectivity index (χ4n) is 1.12. The molecule has 0 bridgehead atoms. The summed E-state index contributed by atoms with van der Waals surface area (Å²) in [4.78, 5) is 10.2. The lowest BCUT2D eigenvalue weighted by molar-refractivity contribution is -0.385. The highest BCUT2D eigenvalue weighted by atomic mass is 79.9. The molecule has 0 saturated heterocycles. The molecule has 0 aliphatic heterocycles. The van der Waals surface area contributed by atoms with E-state index in [1.807, 2.05) is 6.07 Å². The van der Waals surface area contributed by atoms with E-state index in [2.05, 4.69) is 15.9 Å². The van der Waals surface area contributed by atoms with Gasteiger partial charge in [0.1, 0.15) is 0 Å². The summed E-state index contributed by atoms with van der Waals surface area (Å²) in [5.74, 6) is 0. The molecule has 0 radical (unpaired) electrons. The number of aryl methyl sites for hydroxylation is 1. The van der Waals surface area contributed by atoms with Crippen molar-refractivity contribution >= 4 is 21.6 Å². The second kappa shape index (κ2) is 3.85. The van der Waals surface area contributed by atoms with Gasteiger partial charge in [-0.15, -0.1) is 0 Å². The third-order valence-corrected chi connectivity index (χ3v) is 2.42. The van der Waals surface area contributed by atoms with Crippen LogP contribution in [-0.4, -0.2) is 4.92 Å². The Morgan fingerprint density at radius 3 is 2.69 bits per heavy atom. The Labute approximate surface area is 84.0 Å². The molecule has 0 fully saturated rings. The van der Waals surface area contributed by atoms with E-state index >= 15 is 0 Å². The Morgan fingerprint density at radius 1 is 1.62 bits per heavy atom. The van der Waals surface area contributed by atoms with Gasteiger partial charge in [0.15, 0.2) is 0 Å². The third-order valence-electron chi connectivity index (χ3n) is 1.72. The summed E-state index contributed by atoms with van der Waals surface area (Å²) in [6.07, 6.45) is 0. The zero-order valence-corrected chi connectivity index (χ0v) is 8.67. The molecule has 70 valence electrons. The quantitative estimate of drug-likeness (QED) is 0.640. The van der Waals surface area contributed by atoms with Gasteiger partial charge in [0, 0.05) is 17.1 Å². The van der Waals surface area contributed by atoms with Gasteiger partial charge in [0.05, 0.1) is 10.5 Å². The minimum atomic E-state index is -0.417. The average molecular weight is 245 g/mol. The summed E-state index contributed by atoms with van der Waals surface area (Å²) in [5, 5.41) is 10.6. The highest BCUT2D eigenvalue weighted by Crippen LogP contribution is 2.27. The zero-order valence-electron chi connectivity index (χ0n) is 7.08. The molecule has 0 unspecified atom stereocenters. The van der Waals surface area contributed by atoms with Gasteiger partial charge >= 0.3 is 0 Å². The second-order valence-electron chi connectivity index (χ2n) is 2.71. The maximum atomic E-state index is 10.6. The van der Waals surface area contributed by atoms with Crippen LogP contribution in [0.5, 0.6) is 0 Å². The first-order valence-electron chi connectivity index (χ1n) is 3.69. The number of benzene rings is 1. The number of hydrogen-bond acceptors (Lipinski definition) is 3. The van der Waals surface area contributed by atoms with Crippen LogP contribution >= 0.6 is 15.9 Å². The lowest BCUT2D eigenvalue weighted by atomic mass is 10.1. The van der Waals surface area contributed by atoms with Crippen LogP contribution in [-0.2, 0) is 6.54 Å². The van der Waals surface area contributed by atoms with Crippen LogP contribution in [0.15, 0.2) is 16.6 Å². The van der Waals surface area contributed by atoms with Crippen molar-refractivity contribution in [3.05, 3.63) is 37.8 Å². The van der Waals surface area contributed by atoms with Crippen molar-refractivity contribution in [2.24, 2.45) is 5.73 Å². The summed E-state index contributed by atoms with van der Waals surface area (Å²) in [6, 6.07) is 3.34. The first kappa shape index (κ1) is 10.1. The van der Waals surface area contributed by atoms with E-state index < -0.39 is 4.92 Å². The Hall–Kier alpha value is -0.940. The largest absolute Gasteiger partial charge is 0.326 e. The van der Waals surface area contributed by atoms with Crippen molar-refractivity contribution in [2.45, 2.75) is 13.5 Å². The molecule has 1 aromatic carbocycles. The monoisotopic (exact) mass is 244 g/mol. The molecule has 0 aliphatic rings. The number of nitro benzene ring substituents is 1. The van der Waals surface area contributed by atoms with Gasteiger partial charge in [-0.05, 0) is 18.6 Å². The fourth-order valence-corrected chi connectivity index (χ4v) is 1.84. The van der Waals surface area contributed by atoms with E-state index in [0.29, 0.717) is 10.0 Å². The van der Waals surface area contributed by atoms with Crippen LogP contribution in [0.2, 0.25) is 0 Å². The minimum absolute atomic E-state index is 0.0781. The van der Waals surface area contributed by atoms with Crippen molar-refractivity contribution in [3.63, 3.8) is 0 Å². The van der Waals surface area contributed by atoms with Crippen LogP contribution in [0.25, 0.3) is 0 Å². The standard InChI is InChI=1S/C8H9BrN2O2/c1-5-2-7(9)6(4-10)8(3-5)11(12)13/h2-3H,4,10H2,1H3. The van der Waals surface area contributed by atoms with Gasteiger partial charge in [-0.2, -0.15) is 0 Å². The van der Waals surface area contributed by atoms with Crippen molar-refractivity contribution in [1.29, 1.82) is 0 Å². The molecule has 5 heteroatoms. The van der Waals surface area contributed by atoms with E-state index in [1.165, 1.54) is 6.07 Å². The third kappa shape index (κ3) is 2.05. The van der Waals surface area contributed by atoms with E-state index in [0.717, 1.165) is 5.56 Å². The first-order valence-corrected chi connectivity index (χ1v) is 4.49. The molecule has 0 atom stereocenters. The Bertz CT molecular complexity index is 352. The number of nitro groups is 1. The van der Waals surface area contributed by atoms with Crippen LogP contribution in [0.1, 0.15) is 11.1 Å². The van der Waals surface area contributed by atoms with Crippen molar-refractivity contribution in [1.82, 2.24) is 0 Å². The molecule has 0 heterocycles. The van der Waals surface area contributed by atoms with Crippen molar-refractivity contribution < 1.29 is 4.92 Å². The predicted octanol–water partition coefficient (Wildman–Crippen LogP) is 2.12. The maximum absolute atomic E-state index is 10.6. The maximum Gasteiger partial charge on any atom is 0.275 e. The van der Waals surface area contributed by atoms with Crippen LogP contribution in [0.4, 0.5) is 5.69 Å². The van der Waals surface area contributed by atoms with Gasteiger partial charge in [-0.25, -0.2) is 0 Å². The molecule has 1 rings (SSSR count). The number of halogens is 1. The lowest BCUT2D eigenvalue weighted by Crippen LogP contribution is -2.03. The lowest BCUT2D eigenvalue weighted by Gasteiger charge is -2.03. The summed E-state index contributed by atoms with van der Waals surface area (Å²) in [5.41, 5.74) is 6.86. The summed E-state index contributed by atoms with van der Waals surface area (Å²) < 4.78 is 0.696. The van der Waals surface area contributed by atoms with Crippen LogP contribution in [0, 0.1) is 17.0 Å². The topological polar surface area (TPSA) is 69.2 Å². The first-order chi connectivity index (χ1) is 6.06. The molecular formula is C8H9BrN2O2. The molecule has 0 spiro atoms. The van der Waals surface area contributed by atoms with Crippen molar-refractivity contribution in [3.8, 4) is 0 Å². The molecule has 2 N–H and O–H groups in total. The van der Waals surface area contributed by atoms with Crippen LogP contribution < -0.4 is 5.73 Å². The number of hydrogen-bond donors (Lipinski definition) is 1. The van der Waals surface area contributed by atoms with Gasteiger partial charge in [0.2, 0.25) is 0 Å². The molecule has 0 aliphatic carbocycles. The molecule has 4 nitrogen and oxygen atoms in total. The molecule has 1 aromatic rings. The summed E-state index contributed by atoms with van der Waals surface area (Å²) >= 11 is 3.24. The van der Waals surface area contributed by atoms with E-state index in [4.69, 9.17) is 5.73 Å². The number of nitrogens with two attached hydrogens (primary N) is 1. The molecule has 0 aromatic heterocycles. The Kier molecular flexibility index (Phi) is 3.00. The second-order valence-corrected chi connectivity index (χ2v) is 3.56. The van der Waals surface area contributed by atoms with Gasteiger partial charge < -0.3 is 5.73 Å². The highest BCUT2D eigenvalue weighted by molar-refractivity contribution is 9.10. The van der Waals surface area contributed by atoms with E-state index in [-0.39, 0.29) is 12.2 Å². The minimum Gasteiger partial charge on any atom is -0.326 e. The summed E-state index contributed by atoms with van der Waals surface area (Å²) in [6.45, 7) is 1.97. The van der Waals surface area contributed by atoms with Gasteiger partial charge in [-0.1, -0.05) is 15.9 Å². The Balaban J connectivity index is 3.38. The number of nitrogens with zero attached hydrogens (tertiary/aromatic N) is 1. The summed E-state index contributed by atoms with van der Waals surface area (Å²) in [7, 11) is 0. The Morgan fingerprint density at radius 2 is 2.23 bits per heavy atom. The normalized spacial score (nSPS) is 10.1. The molecule has 13 heavy (non-hydrogen) atoms. The average Bonchev–Trinajstić information content (AvgIpc) is 2.02. The van der Waals surface area contributed by atoms with E-state index in [9.17, 15) is 10.1 Å². The molecule has 0 saturated carbocycles. The predicted molar refractivity (Wildman–Crippen MR) is 53.4 cm³/mol. The van der Waals surface area contributed by atoms with Crippen molar-refractivity contribution in [2.75, 3.05) is 0 Å². The highest BCUT2D eigenvalue weighted by Gasteiger charge is 2.15. The fraction of sp³-hybridized carbons (Fsp3) is 0.250. The van der Waals surface area contributed by atoms with Gasteiger partial charge in [-0.3, -0.25) is 10.1 Å².